The van der Waals surface area contributed by atoms with E-state index < -0.39 is 23.7 Å². The molecule has 0 aliphatic carbocycles. The summed E-state index contributed by atoms with van der Waals surface area (Å²) in [7, 11) is 1.24. The van der Waals surface area contributed by atoms with Gasteiger partial charge in [0.1, 0.15) is 11.6 Å². The van der Waals surface area contributed by atoms with Crippen molar-refractivity contribution in [2.45, 2.75) is 52.2 Å². The van der Waals surface area contributed by atoms with Crippen LogP contribution in [0.2, 0.25) is 0 Å². The highest BCUT2D eigenvalue weighted by Crippen LogP contribution is 2.06. The first-order valence-electron chi connectivity index (χ1n) is 6.53. The Morgan fingerprint density at radius 2 is 1.80 bits per heavy atom. The van der Waals surface area contributed by atoms with E-state index in [9.17, 15) is 14.4 Å². The smallest absolute Gasteiger partial charge is 0.407 e. The number of carbonyl (C=O) groups is 3. The lowest BCUT2D eigenvalue weighted by Gasteiger charge is -2.20. The quantitative estimate of drug-likeness (QED) is 0.710. The van der Waals surface area contributed by atoms with E-state index in [1.54, 1.807) is 27.7 Å². The maximum absolute atomic E-state index is 11.5. The van der Waals surface area contributed by atoms with Gasteiger partial charge in [0, 0.05) is 13.0 Å². The zero-order chi connectivity index (χ0) is 15.8. The van der Waals surface area contributed by atoms with Crippen LogP contribution in [-0.4, -0.2) is 43.3 Å². The maximum Gasteiger partial charge on any atom is 0.407 e. The fraction of sp³-hybridized carbons (Fsp3) is 0.769. The molecule has 1 atom stereocenters. The first-order chi connectivity index (χ1) is 9.19. The summed E-state index contributed by atoms with van der Waals surface area (Å²) in [6.45, 7) is 7.14. The Balaban J connectivity index is 4.23. The van der Waals surface area contributed by atoms with Gasteiger partial charge in [-0.1, -0.05) is 6.92 Å². The number of hydrogen-bond donors (Lipinski definition) is 2. The third-order valence-electron chi connectivity index (χ3n) is 2.24. The molecular weight excluding hydrogens is 264 g/mol. The summed E-state index contributed by atoms with van der Waals surface area (Å²) in [5, 5.41) is 5.05. The molecule has 2 amide bonds. The lowest BCUT2D eigenvalue weighted by Crippen LogP contribution is -2.44. The van der Waals surface area contributed by atoms with E-state index in [4.69, 9.17) is 4.74 Å². The first kappa shape index (κ1) is 18.2. The standard InChI is InChI=1S/C13H24N2O5/c1-6-10(16)15-9(11(17)19-5)7-8-14-12(18)20-13(2,3)4/h9H,6-8H2,1-5H3,(H,14,18)(H,15,16)/t9-/m0/s1. The zero-order valence-electron chi connectivity index (χ0n) is 12.7. The predicted molar refractivity (Wildman–Crippen MR) is 73.1 cm³/mol. The van der Waals surface area contributed by atoms with Gasteiger partial charge >= 0.3 is 12.1 Å². The Hall–Kier alpha value is -1.79. The Morgan fingerprint density at radius 1 is 1.20 bits per heavy atom. The summed E-state index contributed by atoms with van der Waals surface area (Å²) in [4.78, 5) is 34.2. The molecule has 0 aliphatic heterocycles. The average Bonchev–Trinajstić information content (AvgIpc) is 2.34. The van der Waals surface area contributed by atoms with E-state index in [1.807, 2.05) is 0 Å². The van der Waals surface area contributed by atoms with E-state index in [0.717, 1.165) is 0 Å². The molecule has 0 aromatic carbocycles. The van der Waals surface area contributed by atoms with Crippen LogP contribution in [0.4, 0.5) is 4.79 Å². The highest BCUT2D eigenvalue weighted by Gasteiger charge is 2.21. The molecule has 0 fully saturated rings. The third kappa shape index (κ3) is 8.34. The number of methoxy groups -OCH3 is 1. The Labute approximate surface area is 119 Å². The van der Waals surface area contributed by atoms with Gasteiger partial charge in [-0.3, -0.25) is 4.79 Å². The molecule has 0 aliphatic rings. The van der Waals surface area contributed by atoms with Crippen LogP contribution in [0.1, 0.15) is 40.5 Å². The summed E-state index contributed by atoms with van der Waals surface area (Å²) in [5.74, 6) is -0.796. The van der Waals surface area contributed by atoms with Crippen molar-refractivity contribution in [2.24, 2.45) is 0 Å². The molecule has 0 rings (SSSR count). The number of amides is 2. The van der Waals surface area contributed by atoms with Gasteiger partial charge in [-0.15, -0.1) is 0 Å². The topological polar surface area (TPSA) is 93.7 Å². The Morgan fingerprint density at radius 3 is 2.25 bits per heavy atom. The van der Waals surface area contributed by atoms with Crippen LogP contribution in [0.5, 0.6) is 0 Å². The number of hydrogen-bond acceptors (Lipinski definition) is 5. The van der Waals surface area contributed by atoms with Crippen LogP contribution < -0.4 is 10.6 Å². The van der Waals surface area contributed by atoms with Gasteiger partial charge < -0.3 is 20.1 Å². The second kappa shape index (κ2) is 8.39. The lowest BCUT2D eigenvalue weighted by atomic mass is 10.2. The minimum absolute atomic E-state index is 0.193. The molecule has 0 spiro atoms. The van der Waals surface area contributed by atoms with Crippen molar-refractivity contribution < 1.29 is 23.9 Å². The van der Waals surface area contributed by atoms with Gasteiger partial charge in [0.25, 0.3) is 0 Å². The molecule has 20 heavy (non-hydrogen) atoms. The fourth-order valence-electron chi connectivity index (χ4n) is 1.32. The summed E-state index contributed by atoms with van der Waals surface area (Å²) in [5.41, 5.74) is -0.581. The molecule has 2 N–H and O–H groups in total. The molecule has 0 radical (unpaired) electrons. The van der Waals surface area contributed by atoms with Gasteiger partial charge in [-0.25, -0.2) is 9.59 Å². The normalized spacial score (nSPS) is 12.2. The van der Waals surface area contributed by atoms with Gasteiger partial charge in [0.2, 0.25) is 5.91 Å². The van der Waals surface area contributed by atoms with Crippen LogP contribution in [0.15, 0.2) is 0 Å². The van der Waals surface area contributed by atoms with Crippen molar-refractivity contribution in [1.82, 2.24) is 10.6 Å². The van der Waals surface area contributed by atoms with Crippen LogP contribution in [0, 0.1) is 0 Å². The minimum Gasteiger partial charge on any atom is -0.467 e. The molecule has 0 aromatic rings. The largest absolute Gasteiger partial charge is 0.467 e. The van der Waals surface area contributed by atoms with Crippen molar-refractivity contribution in [1.29, 1.82) is 0 Å². The number of esters is 1. The van der Waals surface area contributed by atoms with Gasteiger partial charge in [-0.2, -0.15) is 0 Å². The highest BCUT2D eigenvalue weighted by molar-refractivity contribution is 5.84. The average molecular weight is 288 g/mol. The second-order valence-corrected chi connectivity index (χ2v) is 5.21. The Bertz CT molecular complexity index is 349. The molecule has 0 saturated carbocycles. The molecule has 0 bridgehead atoms. The molecule has 116 valence electrons. The molecule has 0 heterocycles. The maximum atomic E-state index is 11.5. The van der Waals surface area contributed by atoms with Crippen molar-refractivity contribution in [3.8, 4) is 0 Å². The number of ether oxygens (including phenoxy) is 2. The number of rotatable bonds is 6. The van der Waals surface area contributed by atoms with E-state index in [1.165, 1.54) is 7.11 Å². The molecule has 0 unspecified atom stereocenters. The van der Waals surface area contributed by atoms with E-state index in [2.05, 4.69) is 15.4 Å². The van der Waals surface area contributed by atoms with Crippen LogP contribution in [0.25, 0.3) is 0 Å². The van der Waals surface area contributed by atoms with Crippen molar-refractivity contribution in [3.63, 3.8) is 0 Å². The molecule has 0 saturated heterocycles. The SMILES string of the molecule is CCC(=O)N[C@@H](CCNC(=O)OC(C)(C)C)C(=O)OC. The van der Waals surface area contributed by atoms with Gasteiger partial charge in [0.15, 0.2) is 0 Å². The summed E-state index contributed by atoms with van der Waals surface area (Å²) in [6.07, 6.45) is -0.0621. The van der Waals surface area contributed by atoms with Gasteiger partial charge in [0.05, 0.1) is 7.11 Å². The van der Waals surface area contributed by atoms with Crippen LogP contribution >= 0.6 is 0 Å². The van der Waals surface area contributed by atoms with Crippen LogP contribution in [0.3, 0.4) is 0 Å². The fourth-order valence-corrected chi connectivity index (χ4v) is 1.32. The highest BCUT2D eigenvalue weighted by atomic mass is 16.6. The van der Waals surface area contributed by atoms with E-state index in [-0.39, 0.29) is 25.3 Å². The number of carbonyl (C=O) groups excluding carboxylic acids is 3. The van der Waals surface area contributed by atoms with E-state index in [0.29, 0.717) is 0 Å². The summed E-state index contributed by atoms with van der Waals surface area (Å²) >= 11 is 0. The predicted octanol–water partition coefficient (Wildman–Crippen LogP) is 0.969. The molecule has 0 aromatic heterocycles. The third-order valence-corrected chi connectivity index (χ3v) is 2.24. The monoisotopic (exact) mass is 288 g/mol. The molecule has 7 nitrogen and oxygen atoms in total. The zero-order valence-corrected chi connectivity index (χ0v) is 12.7. The van der Waals surface area contributed by atoms with Gasteiger partial charge in [-0.05, 0) is 27.2 Å². The second-order valence-electron chi connectivity index (χ2n) is 5.21. The Kier molecular flexibility index (Phi) is 7.64. The van der Waals surface area contributed by atoms with Crippen molar-refractivity contribution >= 4 is 18.0 Å². The lowest BCUT2D eigenvalue weighted by molar-refractivity contribution is -0.145. The molecular formula is C13H24N2O5. The van der Waals surface area contributed by atoms with Crippen molar-refractivity contribution in [2.75, 3.05) is 13.7 Å². The summed E-state index contributed by atoms with van der Waals surface area (Å²) < 4.78 is 9.65. The summed E-state index contributed by atoms with van der Waals surface area (Å²) in [6, 6.07) is -0.776. The van der Waals surface area contributed by atoms with Crippen LogP contribution in [-0.2, 0) is 19.1 Å². The minimum atomic E-state index is -0.776. The number of nitrogens with one attached hydrogen (secondary N) is 2. The van der Waals surface area contributed by atoms with Crippen molar-refractivity contribution in [3.05, 3.63) is 0 Å². The first-order valence-corrected chi connectivity index (χ1v) is 6.53. The number of alkyl carbamates (subject to hydrolysis) is 1. The van der Waals surface area contributed by atoms with E-state index >= 15 is 0 Å². The molecule has 7 heteroatoms.